The van der Waals surface area contributed by atoms with Crippen molar-refractivity contribution >= 4 is 25.1 Å². The Hall–Kier alpha value is -1.96. The maximum atomic E-state index is 10.7. The summed E-state index contributed by atoms with van der Waals surface area (Å²) in [7, 11) is 2.41. The molecule has 1 aliphatic rings. The highest BCUT2D eigenvalue weighted by Crippen LogP contribution is 2.29. The predicted molar refractivity (Wildman–Crippen MR) is 82.4 cm³/mol. The van der Waals surface area contributed by atoms with E-state index >= 15 is 0 Å². The van der Waals surface area contributed by atoms with Gasteiger partial charge in [-0.3, -0.25) is 0 Å². The van der Waals surface area contributed by atoms with E-state index in [4.69, 9.17) is 0 Å². The third-order valence-corrected chi connectivity index (χ3v) is 4.40. The van der Waals surface area contributed by atoms with Gasteiger partial charge in [-0.15, -0.1) is 0 Å². The minimum Gasteiger partial charge on any atom is -0.368 e. The molecule has 0 aliphatic carbocycles. The standard InChI is InChI=1S/C13H19BN4O3/c1-13(16(2)14-10-19)5-7-17(8-6-13)11-3-4-12(15-9-11)18(20)21/h3-4,9-10,14H,5-8H2,1-2H3. The molecule has 1 aromatic rings. The first kappa shape index (κ1) is 15.4. The van der Waals surface area contributed by atoms with Crippen molar-refractivity contribution < 1.29 is 9.72 Å². The summed E-state index contributed by atoms with van der Waals surface area (Å²) in [4.78, 5) is 28.9. The summed E-state index contributed by atoms with van der Waals surface area (Å²) in [6.45, 7) is 3.86. The zero-order valence-corrected chi connectivity index (χ0v) is 12.4. The molecule has 0 N–H and O–H groups in total. The molecule has 1 aliphatic heterocycles. The fourth-order valence-electron chi connectivity index (χ4n) is 2.63. The minimum absolute atomic E-state index is 0.0195. The van der Waals surface area contributed by atoms with Gasteiger partial charge in [0, 0.05) is 24.7 Å². The number of rotatable bonds is 5. The molecule has 0 amide bonds. The third-order valence-electron chi connectivity index (χ3n) is 4.40. The van der Waals surface area contributed by atoms with Gasteiger partial charge in [0.25, 0.3) is 7.41 Å². The normalized spacial score (nSPS) is 17.6. The number of nitro groups is 1. The van der Waals surface area contributed by atoms with E-state index in [0.717, 1.165) is 37.8 Å². The first-order valence-electron chi connectivity index (χ1n) is 6.96. The van der Waals surface area contributed by atoms with Gasteiger partial charge in [-0.2, -0.15) is 0 Å². The lowest BCUT2D eigenvalue weighted by molar-refractivity contribution is -0.389. The summed E-state index contributed by atoms with van der Waals surface area (Å²) in [5.41, 5.74) is 0.923. The molecule has 0 unspecified atom stereocenters. The van der Waals surface area contributed by atoms with Crippen molar-refractivity contribution in [2.75, 3.05) is 25.0 Å². The lowest BCUT2D eigenvalue weighted by Gasteiger charge is -2.45. The van der Waals surface area contributed by atoms with Crippen LogP contribution in [-0.2, 0) is 4.79 Å². The number of hydrogen-bond donors (Lipinski definition) is 0. The molecule has 8 heteroatoms. The Bertz CT molecular complexity index is 515. The van der Waals surface area contributed by atoms with Gasteiger partial charge in [-0.1, -0.05) is 0 Å². The molecule has 0 aromatic carbocycles. The van der Waals surface area contributed by atoms with Crippen LogP contribution in [0.4, 0.5) is 11.5 Å². The summed E-state index contributed by atoms with van der Waals surface area (Å²) in [6.07, 6.45) is 4.36. The number of hydrogen-bond acceptors (Lipinski definition) is 6. The second-order valence-corrected chi connectivity index (χ2v) is 5.66. The van der Waals surface area contributed by atoms with Crippen molar-refractivity contribution in [2.24, 2.45) is 0 Å². The Kier molecular flexibility index (Phi) is 4.57. The van der Waals surface area contributed by atoms with Gasteiger partial charge in [0.05, 0.1) is 11.9 Å². The van der Waals surface area contributed by atoms with E-state index in [2.05, 4.69) is 21.6 Å². The Balaban J connectivity index is 2.00. The molecule has 0 radical (unpaired) electrons. The average molecular weight is 290 g/mol. The van der Waals surface area contributed by atoms with Crippen LogP contribution < -0.4 is 4.90 Å². The second kappa shape index (κ2) is 6.21. The van der Waals surface area contributed by atoms with E-state index in [1.165, 1.54) is 6.07 Å². The summed E-state index contributed by atoms with van der Waals surface area (Å²) < 4.78 is 0. The van der Waals surface area contributed by atoms with Gasteiger partial charge in [-0.25, -0.2) is 0 Å². The van der Waals surface area contributed by atoms with Crippen LogP contribution in [0.15, 0.2) is 18.3 Å². The van der Waals surface area contributed by atoms with Crippen molar-refractivity contribution in [1.82, 2.24) is 9.79 Å². The van der Waals surface area contributed by atoms with Crippen molar-refractivity contribution in [3.8, 4) is 0 Å². The van der Waals surface area contributed by atoms with Crippen LogP contribution in [0.2, 0.25) is 0 Å². The summed E-state index contributed by atoms with van der Waals surface area (Å²) in [5, 5.41) is 10.6. The van der Waals surface area contributed by atoms with Crippen LogP contribution in [-0.4, -0.2) is 54.0 Å². The Morgan fingerprint density at radius 3 is 2.62 bits per heavy atom. The summed E-state index contributed by atoms with van der Waals surface area (Å²) in [5.74, 6) is -0.133. The van der Waals surface area contributed by atoms with Crippen molar-refractivity contribution in [3.63, 3.8) is 0 Å². The van der Waals surface area contributed by atoms with E-state index in [9.17, 15) is 14.9 Å². The quantitative estimate of drug-likeness (QED) is 0.346. The van der Waals surface area contributed by atoms with Crippen LogP contribution in [0, 0.1) is 10.1 Å². The molecule has 2 rings (SSSR count). The summed E-state index contributed by atoms with van der Waals surface area (Å²) in [6, 6.07) is 3.17. The number of pyridine rings is 1. The maximum absolute atomic E-state index is 10.7. The topological polar surface area (TPSA) is 79.6 Å². The largest absolute Gasteiger partial charge is 0.368 e. The van der Waals surface area contributed by atoms with E-state index in [1.54, 1.807) is 12.3 Å². The van der Waals surface area contributed by atoms with Crippen LogP contribution in [0.25, 0.3) is 0 Å². The van der Waals surface area contributed by atoms with Crippen LogP contribution in [0.1, 0.15) is 19.8 Å². The van der Waals surface area contributed by atoms with Crippen molar-refractivity contribution in [2.45, 2.75) is 25.3 Å². The van der Waals surface area contributed by atoms with Crippen LogP contribution in [0.3, 0.4) is 0 Å². The van der Waals surface area contributed by atoms with E-state index in [-0.39, 0.29) is 11.4 Å². The number of piperidine rings is 1. The van der Waals surface area contributed by atoms with Gasteiger partial charge >= 0.3 is 5.82 Å². The first-order chi connectivity index (χ1) is 9.96. The Morgan fingerprint density at radius 1 is 1.48 bits per heavy atom. The fraction of sp³-hybridized carbons (Fsp3) is 0.538. The smallest absolute Gasteiger partial charge is 0.363 e. The molecular formula is C13H19BN4O3. The Labute approximate surface area is 124 Å². The molecule has 7 nitrogen and oxygen atoms in total. The number of anilines is 1. The van der Waals surface area contributed by atoms with Gasteiger partial charge in [0.1, 0.15) is 0 Å². The number of nitrogens with zero attached hydrogens (tertiary/aromatic N) is 4. The highest BCUT2D eigenvalue weighted by Gasteiger charge is 2.33. The van der Waals surface area contributed by atoms with Gasteiger partial charge in [0.2, 0.25) is 0 Å². The minimum atomic E-state index is -0.495. The average Bonchev–Trinajstić information content (AvgIpc) is 2.48. The lowest BCUT2D eigenvalue weighted by Crippen LogP contribution is -2.53. The highest BCUT2D eigenvalue weighted by atomic mass is 16.6. The molecule has 1 fully saturated rings. The van der Waals surface area contributed by atoms with Gasteiger partial charge < -0.3 is 24.6 Å². The lowest BCUT2D eigenvalue weighted by atomic mass is 9.80. The number of carbonyl (C=O) groups excluding carboxylic acids is 1. The SMILES string of the molecule is CN(BC=O)C1(C)CCN(c2ccc([N+](=O)[O-])nc2)CC1. The molecule has 0 saturated carbocycles. The molecule has 0 bridgehead atoms. The fourth-order valence-corrected chi connectivity index (χ4v) is 2.63. The second-order valence-electron chi connectivity index (χ2n) is 5.66. The van der Waals surface area contributed by atoms with Crippen LogP contribution >= 0.6 is 0 Å². The number of aromatic nitrogens is 1. The molecule has 0 spiro atoms. The molecule has 1 saturated heterocycles. The molecule has 2 heterocycles. The molecule has 112 valence electrons. The van der Waals surface area contributed by atoms with Gasteiger partial charge in [0.15, 0.2) is 6.20 Å². The van der Waals surface area contributed by atoms with E-state index in [0.29, 0.717) is 7.41 Å². The maximum Gasteiger partial charge on any atom is 0.363 e. The van der Waals surface area contributed by atoms with E-state index < -0.39 is 4.92 Å². The molecule has 1 aromatic heterocycles. The summed E-state index contributed by atoms with van der Waals surface area (Å²) >= 11 is 0. The molecular weight excluding hydrogens is 271 g/mol. The van der Waals surface area contributed by atoms with Crippen molar-refractivity contribution in [3.05, 3.63) is 28.4 Å². The van der Waals surface area contributed by atoms with Gasteiger partial charge in [-0.05, 0) is 42.8 Å². The van der Waals surface area contributed by atoms with Crippen LogP contribution in [0.5, 0.6) is 0 Å². The third kappa shape index (κ3) is 3.39. The monoisotopic (exact) mass is 290 g/mol. The first-order valence-corrected chi connectivity index (χ1v) is 6.96. The van der Waals surface area contributed by atoms with Crippen molar-refractivity contribution in [1.29, 1.82) is 0 Å². The zero-order chi connectivity index (χ0) is 15.5. The molecule has 0 atom stereocenters. The highest BCUT2D eigenvalue weighted by molar-refractivity contribution is 6.64. The zero-order valence-electron chi connectivity index (χ0n) is 12.4. The predicted octanol–water partition coefficient (Wildman–Crippen LogP) is 0.822. The Morgan fingerprint density at radius 2 is 2.14 bits per heavy atom. The molecule has 21 heavy (non-hydrogen) atoms. The number of carbonyl (C=O) groups is 1. The van der Waals surface area contributed by atoms with E-state index in [1.807, 2.05) is 7.05 Å².